The lowest BCUT2D eigenvalue weighted by Gasteiger charge is -2.00. The highest BCUT2D eigenvalue weighted by atomic mass is 19.3. The summed E-state index contributed by atoms with van der Waals surface area (Å²) in [6.45, 7) is 5.57. The summed E-state index contributed by atoms with van der Waals surface area (Å²) < 4.78 is 24.0. The summed E-state index contributed by atoms with van der Waals surface area (Å²) in [5, 5.41) is 0. The van der Waals surface area contributed by atoms with Gasteiger partial charge in [0, 0.05) is 17.5 Å². The first-order valence-corrected chi connectivity index (χ1v) is 3.91. The van der Waals surface area contributed by atoms with Crippen molar-refractivity contribution in [3.05, 3.63) is 29.6 Å². The molecule has 0 saturated carbocycles. The molecule has 0 amide bonds. The van der Waals surface area contributed by atoms with Gasteiger partial charge in [0.25, 0.3) is 6.43 Å². The van der Waals surface area contributed by atoms with Crippen molar-refractivity contribution in [3.63, 3.8) is 0 Å². The Hall–Kier alpha value is -0.990. The van der Waals surface area contributed by atoms with Crippen LogP contribution in [-0.4, -0.2) is 4.98 Å². The Kier molecular flexibility index (Phi) is 5.17. The van der Waals surface area contributed by atoms with E-state index in [1.165, 1.54) is 18.3 Å². The summed E-state index contributed by atoms with van der Waals surface area (Å²) in [7, 11) is 0. The lowest BCUT2D eigenvalue weighted by Crippen LogP contribution is -1.90. The fourth-order valence-corrected chi connectivity index (χ4v) is 0.727. The molecule has 0 bridgehead atoms. The van der Waals surface area contributed by atoms with Crippen LogP contribution in [0.1, 0.15) is 31.5 Å². The summed E-state index contributed by atoms with van der Waals surface area (Å²) in [6, 6.07) is 2.89. The maximum absolute atomic E-state index is 12.0. The standard InChI is InChI=1S/C7H7F2N.C2H6/c1-5-6(7(8)9)3-2-4-10-5;1-2/h2-4,7H,1H3;1-2H3. The molecule has 1 rings (SSSR count). The van der Waals surface area contributed by atoms with Gasteiger partial charge in [-0.1, -0.05) is 13.8 Å². The van der Waals surface area contributed by atoms with Crippen LogP contribution in [0.25, 0.3) is 0 Å². The highest BCUT2D eigenvalue weighted by Crippen LogP contribution is 2.19. The summed E-state index contributed by atoms with van der Waals surface area (Å²) >= 11 is 0. The summed E-state index contributed by atoms with van der Waals surface area (Å²) in [6.07, 6.45) is -0.907. The Morgan fingerprint density at radius 3 is 2.25 bits per heavy atom. The second-order valence-electron chi connectivity index (χ2n) is 1.98. The summed E-state index contributed by atoms with van der Waals surface area (Å²) in [5.74, 6) is 0. The molecule has 3 heteroatoms. The molecule has 0 aliphatic rings. The van der Waals surface area contributed by atoms with Gasteiger partial charge in [-0.3, -0.25) is 4.98 Å². The van der Waals surface area contributed by atoms with Crippen LogP contribution in [0.15, 0.2) is 18.3 Å². The van der Waals surface area contributed by atoms with Crippen LogP contribution in [0.5, 0.6) is 0 Å². The van der Waals surface area contributed by atoms with Crippen molar-refractivity contribution in [1.82, 2.24) is 4.98 Å². The third kappa shape index (κ3) is 2.95. The smallest absolute Gasteiger partial charge is 0.261 e. The minimum Gasteiger partial charge on any atom is -0.261 e. The Balaban J connectivity index is 0.000000561. The highest BCUT2D eigenvalue weighted by molar-refractivity contribution is 5.18. The predicted molar refractivity (Wildman–Crippen MR) is 45.3 cm³/mol. The fourth-order valence-electron chi connectivity index (χ4n) is 0.727. The van der Waals surface area contributed by atoms with Gasteiger partial charge in [-0.15, -0.1) is 0 Å². The van der Waals surface area contributed by atoms with E-state index in [4.69, 9.17) is 0 Å². The quantitative estimate of drug-likeness (QED) is 0.634. The second kappa shape index (κ2) is 5.63. The molecule has 1 heterocycles. The molecule has 0 aliphatic heterocycles. The first-order chi connectivity index (χ1) is 5.72. The number of aromatic nitrogens is 1. The minimum atomic E-state index is -2.41. The molecule has 0 spiro atoms. The Bertz CT molecular complexity index is 224. The number of rotatable bonds is 1. The van der Waals surface area contributed by atoms with Crippen LogP contribution in [0.2, 0.25) is 0 Å². The van der Waals surface area contributed by atoms with E-state index in [0.29, 0.717) is 5.69 Å². The van der Waals surface area contributed by atoms with Crippen molar-refractivity contribution >= 4 is 0 Å². The lowest BCUT2D eigenvalue weighted by atomic mass is 10.2. The van der Waals surface area contributed by atoms with Crippen molar-refractivity contribution in [2.24, 2.45) is 0 Å². The van der Waals surface area contributed by atoms with E-state index < -0.39 is 6.43 Å². The average molecular weight is 173 g/mol. The predicted octanol–water partition coefficient (Wildman–Crippen LogP) is 3.35. The minimum absolute atomic E-state index is 0.0162. The third-order valence-corrected chi connectivity index (χ3v) is 1.28. The zero-order valence-corrected chi connectivity index (χ0v) is 7.51. The number of hydrogen-bond acceptors (Lipinski definition) is 1. The van der Waals surface area contributed by atoms with E-state index in [9.17, 15) is 8.78 Å². The molecule has 0 atom stereocenters. The molecular weight excluding hydrogens is 160 g/mol. The van der Waals surface area contributed by atoms with Gasteiger partial charge in [0.2, 0.25) is 0 Å². The van der Waals surface area contributed by atoms with Gasteiger partial charge in [0.15, 0.2) is 0 Å². The second-order valence-corrected chi connectivity index (χ2v) is 1.98. The van der Waals surface area contributed by atoms with Crippen LogP contribution < -0.4 is 0 Å². The lowest BCUT2D eigenvalue weighted by molar-refractivity contribution is 0.150. The van der Waals surface area contributed by atoms with Crippen molar-refractivity contribution in [2.75, 3.05) is 0 Å². The number of halogens is 2. The van der Waals surface area contributed by atoms with Gasteiger partial charge in [0.1, 0.15) is 0 Å². The van der Waals surface area contributed by atoms with Crippen molar-refractivity contribution < 1.29 is 8.78 Å². The highest BCUT2D eigenvalue weighted by Gasteiger charge is 2.08. The molecule has 0 aromatic carbocycles. The topological polar surface area (TPSA) is 12.9 Å². The van der Waals surface area contributed by atoms with Gasteiger partial charge in [-0.2, -0.15) is 0 Å². The molecule has 1 nitrogen and oxygen atoms in total. The summed E-state index contributed by atoms with van der Waals surface area (Å²) in [5.41, 5.74) is 0.417. The monoisotopic (exact) mass is 173 g/mol. The molecule has 1 aromatic rings. The van der Waals surface area contributed by atoms with Crippen molar-refractivity contribution in [3.8, 4) is 0 Å². The number of aryl methyl sites for hydroxylation is 1. The van der Waals surface area contributed by atoms with Crippen LogP contribution in [0, 0.1) is 6.92 Å². The van der Waals surface area contributed by atoms with E-state index >= 15 is 0 Å². The molecule has 0 radical (unpaired) electrons. The normalized spacial score (nSPS) is 9.17. The molecule has 0 fully saturated rings. The molecule has 68 valence electrons. The molecular formula is C9H13F2N. The maximum Gasteiger partial charge on any atom is 0.265 e. The van der Waals surface area contributed by atoms with Crippen molar-refractivity contribution in [1.29, 1.82) is 0 Å². The number of alkyl halides is 2. The van der Waals surface area contributed by atoms with E-state index in [2.05, 4.69) is 4.98 Å². The molecule has 12 heavy (non-hydrogen) atoms. The Labute approximate surface area is 71.4 Å². The first kappa shape index (κ1) is 11.0. The molecule has 0 saturated heterocycles. The number of hydrogen-bond donors (Lipinski definition) is 0. The number of pyridine rings is 1. The van der Waals surface area contributed by atoms with Crippen molar-refractivity contribution in [2.45, 2.75) is 27.2 Å². The first-order valence-electron chi connectivity index (χ1n) is 3.91. The van der Waals surface area contributed by atoms with Crippen LogP contribution >= 0.6 is 0 Å². The van der Waals surface area contributed by atoms with Crippen LogP contribution in [0.3, 0.4) is 0 Å². The van der Waals surface area contributed by atoms with Crippen LogP contribution in [-0.2, 0) is 0 Å². The molecule has 0 unspecified atom stereocenters. The fraction of sp³-hybridized carbons (Fsp3) is 0.444. The molecule has 0 aliphatic carbocycles. The van der Waals surface area contributed by atoms with E-state index in [0.717, 1.165) is 0 Å². The number of nitrogens with zero attached hydrogens (tertiary/aromatic N) is 1. The third-order valence-electron chi connectivity index (χ3n) is 1.28. The SMILES string of the molecule is CC.Cc1ncccc1C(F)F. The zero-order valence-electron chi connectivity index (χ0n) is 7.51. The maximum atomic E-state index is 12.0. The van der Waals surface area contributed by atoms with E-state index in [1.807, 2.05) is 13.8 Å². The van der Waals surface area contributed by atoms with Gasteiger partial charge in [-0.25, -0.2) is 8.78 Å². The largest absolute Gasteiger partial charge is 0.265 e. The molecule has 1 aromatic heterocycles. The van der Waals surface area contributed by atoms with Gasteiger partial charge in [-0.05, 0) is 19.1 Å². The van der Waals surface area contributed by atoms with Gasteiger partial charge in [0.05, 0.1) is 0 Å². The molecule has 0 N–H and O–H groups in total. The Morgan fingerprint density at radius 2 is 1.92 bits per heavy atom. The summed E-state index contributed by atoms with van der Waals surface area (Å²) in [4.78, 5) is 3.72. The van der Waals surface area contributed by atoms with Crippen LogP contribution in [0.4, 0.5) is 8.78 Å². The Morgan fingerprint density at radius 1 is 1.33 bits per heavy atom. The zero-order chi connectivity index (χ0) is 9.56. The van der Waals surface area contributed by atoms with E-state index in [1.54, 1.807) is 6.92 Å². The van der Waals surface area contributed by atoms with E-state index in [-0.39, 0.29) is 5.56 Å². The van der Waals surface area contributed by atoms with Gasteiger partial charge >= 0.3 is 0 Å². The average Bonchev–Trinajstić information content (AvgIpc) is 2.08. The van der Waals surface area contributed by atoms with Gasteiger partial charge < -0.3 is 0 Å².